The number of hydrogen-bond donors (Lipinski definition) is 10. The van der Waals surface area contributed by atoms with Gasteiger partial charge in [-0.05, 0) is 13.0 Å². The minimum absolute atomic E-state index is 0.154. The molecule has 8 unspecified atom stereocenters. The normalized spacial score (nSPS) is 56.3. The maximum Gasteiger partial charge on any atom is 0.210 e. The maximum atomic E-state index is 11.1. The molecule has 0 bridgehead atoms. The van der Waals surface area contributed by atoms with Crippen LogP contribution in [0.5, 0.6) is 0 Å². The first-order valence-electron chi connectivity index (χ1n) is 14.2. The van der Waals surface area contributed by atoms with Crippen LogP contribution in [0.2, 0.25) is 0 Å². The highest BCUT2D eigenvalue weighted by atomic mass is 16.8. The van der Waals surface area contributed by atoms with Gasteiger partial charge in [0.25, 0.3) is 0 Å². The monoisotopic (exact) mass is 610 g/mol. The van der Waals surface area contributed by atoms with Gasteiger partial charge in [-0.15, -0.1) is 0 Å². The first-order valence-corrected chi connectivity index (χ1v) is 14.2. The van der Waals surface area contributed by atoms with Crippen LogP contribution in [0.25, 0.3) is 0 Å². The number of fused-ring (bicyclic) bond motifs is 1. The Hall–Kier alpha value is -1.06. The topological polar surface area (TPSA) is 258 Å². The standard InChI is InChI=1S/C26H42O16/c1-8-12(5-10(29)18(32)16(8)30)39-23-21(35)19(33)14(7-28)40-25(23)42-26(15-11(41-26)3-4-37-13(15)6-27)24-22(36)20(34)17(31)9(2)38-24/h3-4,8-25,27-36H,5-7H2,1-2H3/t8?,9?,10?,11-,12-,13?,14?,15-,16+,17-,18+,19?,20?,21+,22+,23-,24+,25+,26?/m1/s1. The molecule has 0 aromatic rings. The molecule has 5 rings (SSSR count). The summed E-state index contributed by atoms with van der Waals surface area (Å²) in [5.41, 5.74) is 0. The molecule has 0 radical (unpaired) electrons. The summed E-state index contributed by atoms with van der Waals surface area (Å²) in [6.07, 6.45) is -19.6. The summed E-state index contributed by atoms with van der Waals surface area (Å²) in [6.45, 7) is 1.75. The fourth-order valence-electron chi connectivity index (χ4n) is 6.64. The lowest BCUT2D eigenvalue weighted by Gasteiger charge is -2.62. The number of ether oxygens (including phenoxy) is 6. The second kappa shape index (κ2) is 12.4. The molecule has 10 N–H and O–H groups in total. The summed E-state index contributed by atoms with van der Waals surface area (Å²) in [6, 6.07) is 0. The lowest BCUT2D eigenvalue weighted by molar-refractivity contribution is -0.485. The highest BCUT2D eigenvalue weighted by molar-refractivity contribution is 5.16. The molecule has 1 aliphatic carbocycles. The molecule has 242 valence electrons. The van der Waals surface area contributed by atoms with E-state index in [1.54, 1.807) is 6.92 Å². The Morgan fingerprint density at radius 3 is 2.14 bits per heavy atom. The molecule has 1 saturated carbocycles. The van der Waals surface area contributed by atoms with E-state index in [1.807, 2.05) is 0 Å². The zero-order valence-corrected chi connectivity index (χ0v) is 23.1. The average Bonchev–Trinajstić information content (AvgIpc) is 2.97. The van der Waals surface area contributed by atoms with Crippen molar-refractivity contribution < 1.29 is 79.5 Å². The molecular formula is C26H42O16. The first-order chi connectivity index (χ1) is 19.9. The van der Waals surface area contributed by atoms with Crippen molar-refractivity contribution in [1.29, 1.82) is 0 Å². The zero-order chi connectivity index (χ0) is 30.7. The van der Waals surface area contributed by atoms with Gasteiger partial charge in [0.15, 0.2) is 6.29 Å². The molecule has 0 aromatic carbocycles. The summed E-state index contributed by atoms with van der Waals surface area (Å²) in [7, 11) is 0. The van der Waals surface area contributed by atoms with Gasteiger partial charge in [-0.1, -0.05) is 6.92 Å². The molecule has 4 aliphatic heterocycles. The predicted octanol–water partition coefficient (Wildman–Crippen LogP) is -5.20. The largest absolute Gasteiger partial charge is 0.495 e. The average molecular weight is 611 g/mol. The van der Waals surface area contributed by atoms with Crippen molar-refractivity contribution >= 4 is 0 Å². The summed E-state index contributed by atoms with van der Waals surface area (Å²) >= 11 is 0. The third-order valence-electron chi connectivity index (χ3n) is 9.29. The third kappa shape index (κ3) is 5.29. The number of hydrogen-bond acceptors (Lipinski definition) is 16. The molecule has 16 heteroatoms. The fraction of sp³-hybridized carbons (Fsp3) is 0.923. The molecule has 42 heavy (non-hydrogen) atoms. The maximum absolute atomic E-state index is 11.1. The Morgan fingerprint density at radius 2 is 1.48 bits per heavy atom. The minimum Gasteiger partial charge on any atom is -0.495 e. The van der Waals surface area contributed by atoms with Crippen LogP contribution in [0.3, 0.4) is 0 Å². The highest BCUT2D eigenvalue weighted by Gasteiger charge is 2.70. The van der Waals surface area contributed by atoms with Crippen LogP contribution in [0.15, 0.2) is 12.3 Å². The van der Waals surface area contributed by atoms with Gasteiger partial charge in [0, 0.05) is 12.3 Å². The van der Waals surface area contributed by atoms with Crippen molar-refractivity contribution in [3.63, 3.8) is 0 Å². The van der Waals surface area contributed by atoms with Crippen LogP contribution in [0, 0.1) is 11.8 Å². The lowest BCUT2D eigenvalue weighted by Crippen LogP contribution is -2.78. The molecule has 16 nitrogen and oxygen atoms in total. The molecule has 5 aliphatic rings. The van der Waals surface area contributed by atoms with Crippen LogP contribution >= 0.6 is 0 Å². The molecular weight excluding hydrogens is 568 g/mol. The molecule has 4 heterocycles. The molecule has 0 amide bonds. The Bertz CT molecular complexity index is 955. The van der Waals surface area contributed by atoms with Crippen molar-refractivity contribution in [2.45, 2.75) is 124 Å². The van der Waals surface area contributed by atoms with Crippen LogP contribution in [0.4, 0.5) is 0 Å². The minimum atomic E-state index is -2.06. The zero-order valence-electron chi connectivity index (χ0n) is 23.1. The van der Waals surface area contributed by atoms with Crippen molar-refractivity contribution in [1.82, 2.24) is 0 Å². The van der Waals surface area contributed by atoms with Gasteiger partial charge in [-0.2, -0.15) is 0 Å². The van der Waals surface area contributed by atoms with E-state index in [2.05, 4.69) is 0 Å². The summed E-state index contributed by atoms with van der Waals surface area (Å²) in [4.78, 5) is 0. The predicted molar refractivity (Wildman–Crippen MR) is 134 cm³/mol. The van der Waals surface area contributed by atoms with E-state index in [-0.39, 0.29) is 6.42 Å². The van der Waals surface area contributed by atoms with Gasteiger partial charge < -0.3 is 79.5 Å². The van der Waals surface area contributed by atoms with E-state index in [4.69, 9.17) is 28.4 Å². The number of rotatable bonds is 7. The molecule has 4 fully saturated rings. The van der Waals surface area contributed by atoms with Gasteiger partial charge in [0.2, 0.25) is 5.79 Å². The van der Waals surface area contributed by atoms with Crippen molar-refractivity contribution in [2.75, 3.05) is 13.2 Å². The Balaban J connectivity index is 1.50. The quantitative estimate of drug-likeness (QED) is 0.129. The van der Waals surface area contributed by atoms with Gasteiger partial charge in [0.05, 0.1) is 55.9 Å². The van der Waals surface area contributed by atoms with Crippen molar-refractivity contribution in [3.8, 4) is 0 Å². The van der Waals surface area contributed by atoms with Crippen molar-refractivity contribution in [3.05, 3.63) is 12.3 Å². The second-order valence-electron chi connectivity index (χ2n) is 11.9. The highest BCUT2D eigenvalue weighted by Crippen LogP contribution is 2.52. The smallest absolute Gasteiger partial charge is 0.210 e. The second-order valence-corrected chi connectivity index (χ2v) is 11.9. The van der Waals surface area contributed by atoms with Crippen molar-refractivity contribution in [2.24, 2.45) is 11.8 Å². The van der Waals surface area contributed by atoms with E-state index in [9.17, 15) is 51.1 Å². The molecule has 0 spiro atoms. The number of aliphatic hydroxyl groups is 10. The van der Waals surface area contributed by atoms with Crippen LogP contribution in [-0.4, -0.2) is 168 Å². The Labute approximate surface area is 241 Å². The fourth-order valence-corrected chi connectivity index (χ4v) is 6.64. The first kappa shape index (κ1) is 32.3. The van der Waals surface area contributed by atoms with E-state index >= 15 is 0 Å². The molecule has 19 atom stereocenters. The summed E-state index contributed by atoms with van der Waals surface area (Å²) in [5, 5.41) is 104. The van der Waals surface area contributed by atoms with Crippen LogP contribution < -0.4 is 0 Å². The summed E-state index contributed by atoms with van der Waals surface area (Å²) < 4.78 is 35.8. The SMILES string of the molecule is CC1O[C@H](C2(O[C@@H]3OC(CO)C(O)[C@H](O)[C@H]3O[C@@H]3CC(O)[C@H](O)[C@@H](O)C3C)O[C@@H]3C=COC(CO)[C@@H]32)[C@@H](O)C(O)[C@@H]1O. The molecule has 0 aromatic heterocycles. The van der Waals surface area contributed by atoms with E-state index in [1.165, 1.54) is 19.3 Å². The lowest BCUT2D eigenvalue weighted by atomic mass is 9.73. The number of aliphatic hydroxyl groups excluding tert-OH is 10. The summed E-state index contributed by atoms with van der Waals surface area (Å²) in [5.74, 6) is -3.70. The third-order valence-corrected chi connectivity index (χ3v) is 9.29. The molecule has 3 saturated heterocycles. The van der Waals surface area contributed by atoms with E-state index < -0.39 is 129 Å². The van der Waals surface area contributed by atoms with Crippen LogP contribution in [0.1, 0.15) is 20.3 Å². The Morgan fingerprint density at radius 1 is 0.786 bits per heavy atom. The van der Waals surface area contributed by atoms with Gasteiger partial charge in [-0.25, -0.2) is 0 Å². The van der Waals surface area contributed by atoms with E-state index in [0.29, 0.717) is 0 Å². The van der Waals surface area contributed by atoms with Crippen LogP contribution in [-0.2, 0) is 28.4 Å². The van der Waals surface area contributed by atoms with Gasteiger partial charge in [0.1, 0.15) is 61.0 Å². The van der Waals surface area contributed by atoms with Gasteiger partial charge >= 0.3 is 0 Å². The van der Waals surface area contributed by atoms with E-state index in [0.717, 1.165) is 0 Å². The Kier molecular flexibility index (Phi) is 9.53. The van der Waals surface area contributed by atoms with Gasteiger partial charge in [-0.3, -0.25) is 0 Å².